The van der Waals surface area contributed by atoms with Crippen LogP contribution in [0.1, 0.15) is 30.9 Å². The summed E-state index contributed by atoms with van der Waals surface area (Å²) >= 11 is 0. The molecule has 28 heavy (non-hydrogen) atoms. The van der Waals surface area contributed by atoms with Crippen molar-refractivity contribution >= 4 is 10.8 Å². The molecule has 3 nitrogen and oxygen atoms in total. The third kappa shape index (κ3) is 4.54. The first-order chi connectivity index (χ1) is 13.8. The Bertz CT molecular complexity index is 885. The van der Waals surface area contributed by atoms with Gasteiger partial charge in [-0.05, 0) is 55.3 Å². The van der Waals surface area contributed by atoms with Crippen LogP contribution in [0.4, 0.5) is 0 Å². The van der Waals surface area contributed by atoms with Gasteiger partial charge in [0.25, 0.3) is 0 Å². The highest BCUT2D eigenvalue weighted by atomic mass is 16.5. The lowest BCUT2D eigenvalue weighted by Gasteiger charge is -2.32. The van der Waals surface area contributed by atoms with Gasteiger partial charge >= 0.3 is 0 Å². The van der Waals surface area contributed by atoms with Crippen LogP contribution in [0.3, 0.4) is 0 Å². The van der Waals surface area contributed by atoms with Crippen LogP contribution in [0.25, 0.3) is 10.8 Å². The summed E-state index contributed by atoms with van der Waals surface area (Å²) in [6, 6.07) is 24.2. The second-order valence-corrected chi connectivity index (χ2v) is 7.61. The molecule has 0 unspecified atom stereocenters. The van der Waals surface area contributed by atoms with Gasteiger partial charge in [0.15, 0.2) is 0 Å². The number of benzene rings is 3. The van der Waals surface area contributed by atoms with Gasteiger partial charge in [-0.1, -0.05) is 60.7 Å². The van der Waals surface area contributed by atoms with E-state index in [9.17, 15) is 0 Å². The van der Waals surface area contributed by atoms with Crippen molar-refractivity contribution in [2.75, 3.05) is 19.7 Å². The third-order valence-electron chi connectivity index (χ3n) is 5.70. The molecule has 1 N–H and O–H groups in total. The second-order valence-electron chi connectivity index (χ2n) is 7.61. The molecule has 1 aliphatic rings. The van der Waals surface area contributed by atoms with Crippen molar-refractivity contribution < 1.29 is 4.74 Å². The first-order valence-corrected chi connectivity index (χ1v) is 10.5. The monoisotopic (exact) mass is 374 g/mol. The molecule has 146 valence electrons. The molecule has 3 aromatic rings. The van der Waals surface area contributed by atoms with E-state index in [1.165, 1.54) is 34.7 Å². The number of rotatable bonds is 7. The molecular formula is C25H30N2O. The molecule has 1 fully saturated rings. The molecule has 0 bridgehead atoms. The zero-order chi connectivity index (χ0) is 19.2. The Morgan fingerprint density at radius 1 is 0.929 bits per heavy atom. The Hall–Kier alpha value is -2.36. The largest absolute Gasteiger partial charge is 0.494 e. The van der Waals surface area contributed by atoms with Crippen molar-refractivity contribution in [2.45, 2.75) is 38.9 Å². The van der Waals surface area contributed by atoms with E-state index in [-0.39, 0.29) is 0 Å². The third-order valence-corrected chi connectivity index (χ3v) is 5.70. The molecule has 1 heterocycles. The second kappa shape index (κ2) is 9.22. The number of hydrogen-bond acceptors (Lipinski definition) is 3. The molecule has 0 saturated carbocycles. The molecule has 3 aromatic carbocycles. The minimum absolute atomic E-state index is 0.570. The molecule has 0 radical (unpaired) electrons. The highest BCUT2D eigenvalue weighted by Gasteiger charge is 2.19. The summed E-state index contributed by atoms with van der Waals surface area (Å²) in [6.45, 7) is 6.98. The quantitative estimate of drug-likeness (QED) is 0.630. The molecule has 0 aliphatic carbocycles. The van der Waals surface area contributed by atoms with E-state index >= 15 is 0 Å². The molecule has 1 aliphatic heterocycles. The average Bonchev–Trinajstić information content (AvgIpc) is 2.75. The first kappa shape index (κ1) is 19.0. The van der Waals surface area contributed by atoms with Gasteiger partial charge in [-0.2, -0.15) is 0 Å². The maximum absolute atomic E-state index is 5.92. The Morgan fingerprint density at radius 3 is 2.46 bits per heavy atom. The van der Waals surface area contributed by atoms with Gasteiger partial charge in [0.1, 0.15) is 5.75 Å². The summed E-state index contributed by atoms with van der Waals surface area (Å²) in [6.07, 6.45) is 2.39. The zero-order valence-electron chi connectivity index (χ0n) is 16.7. The van der Waals surface area contributed by atoms with E-state index in [0.29, 0.717) is 12.6 Å². The fraction of sp³-hybridized carbons (Fsp3) is 0.360. The molecule has 3 heteroatoms. The lowest BCUT2D eigenvalue weighted by atomic mass is 10.0. The fourth-order valence-corrected chi connectivity index (χ4v) is 4.17. The Kier molecular flexibility index (Phi) is 6.25. The van der Waals surface area contributed by atoms with E-state index in [4.69, 9.17) is 4.74 Å². The van der Waals surface area contributed by atoms with E-state index in [0.717, 1.165) is 31.9 Å². The number of ether oxygens (including phenoxy) is 1. The highest BCUT2D eigenvalue weighted by molar-refractivity contribution is 5.87. The van der Waals surface area contributed by atoms with Gasteiger partial charge in [0.05, 0.1) is 6.61 Å². The van der Waals surface area contributed by atoms with Crippen LogP contribution >= 0.6 is 0 Å². The SMILES string of the molecule is CCOc1ccc2ccccc2c1CNC1CCN(Cc2ccccc2)CC1. The van der Waals surface area contributed by atoms with Crippen LogP contribution in [0.15, 0.2) is 66.7 Å². The molecule has 4 rings (SSSR count). The van der Waals surface area contributed by atoms with Crippen LogP contribution < -0.4 is 10.1 Å². The summed E-state index contributed by atoms with van der Waals surface area (Å²) in [5.74, 6) is 1.01. The standard InChI is InChI=1S/C25H30N2O/c1-2-28-25-13-12-21-10-6-7-11-23(21)24(25)18-26-22-14-16-27(17-15-22)19-20-8-4-3-5-9-20/h3-13,22,26H,2,14-19H2,1H3. The lowest BCUT2D eigenvalue weighted by molar-refractivity contribution is 0.190. The summed E-state index contributed by atoms with van der Waals surface area (Å²) < 4.78 is 5.92. The number of likely N-dealkylation sites (tertiary alicyclic amines) is 1. The van der Waals surface area contributed by atoms with Crippen molar-refractivity contribution in [1.82, 2.24) is 10.2 Å². The normalized spacial score (nSPS) is 15.8. The number of hydrogen-bond donors (Lipinski definition) is 1. The number of fused-ring (bicyclic) bond motifs is 1. The average molecular weight is 375 g/mol. The number of nitrogens with one attached hydrogen (secondary N) is 1. The van der Waals surface area contributed by atoms with Crippen LogP contribution in [0.2, 0.25) is 0 Å². The zero-order valence-corrected chi connectivity index (χ0v) is 16.7. The first-order valence-electron chi connectivity index (χ1n) is 10.5. The summed E-state index contributed by atoms with van der Waals surface area (Å²) in [7, 11) is 0. The molecule has 0 atom stereocenters. The van der Waals surface area contributed by atoms with E-state index in [2.05, 4.69) is 83.9 Å². The van der Waals surface area contributed by atoms with E-state index < -0.39 is 0 Å². The minimum Gasteiger partial charge on any atom is -0.494 e. The van der Waals surface area contributed by atoms with Crippen molar-refractivity contribution in [3.63, 3.8) is 0 Å². The highest BCUT2D eigenvalue weighted by Crippen LogP contribution is 2.28. The fourth-order valence-electron chi connectivity index (χ4n) is 4.17. The molecule has 0 amide bonds. The number of piperidine rings is 1. The molecule has 0 aromatic heterocycles. The Morgan fingerprint density at radius 2 is 1.68 bits per heavy atom. The maximum atomic E-state index is 5.92. The lowest BCUT2D eigenvalue weighted by Crippen LogP contribution is -2.41. The van der Waals surface area contributed by atoms with Crippen molar-refractivity contribution in [3.8, 4) is 5.75 Å². The maximum Gasteiger partial charge on any atom is 0.124 e. The Labute approximate surface area is 168 Å². The summed E-state index contributed by atoms with van der Waals surface area (Å²) in [4.78, 5) is 2.57. The minimum atomic E-state index is 0.570. The van der Waals surface area contributed by atoms with Crippen LogP contribution in [0, 0.1) is 0 Å². The van der Waals surface area contributed by atoms with Gasteiger partial charge in [0, 0.05) is 24.7 Å². The molecule has 1 saturated heterocycles. The van der Waals surface area contributed by atoms with Gasteiger partial charge in [0.2, 0.25) is 0 Å². The Balaban J connectivity index is 1.37. The van der Waals surface area contributed by atoms with Gasteiger partial charge < -0.3 is 10.1 Å². The number of nitrogens with zero attached hydrogens (tertiary/aromatic N) is 1. The predicted molar refractivity (Wildman–Crippen MR) is 117 cm³/mol. The summed E-state index contributed by atoms with van der Waals surface area (Å²) in [5, 5.41) is 6.38. The van der Waals surface area contributed by atoms with Gasteiger partial charge in [-0.15, -0.1) is 0 Å². The van der Waals surface area contributed by atoms with Crippen LogP contribution in [-0.4, -0.2) is 30.6 Å². The van der Waals surface area contributed by atoms with Gasteiger partial charge in [-0.25, -0.2) is 0 Å². The van der Waals surface area contributed by atoms with Gasteiger partial charge in [-0.3, -0.25) is 4.90 Å². The van der Waals surface area contributed by atoms with Crippen molar-refractivity contribution in [2.24, 2.45) is 0 Å². The predicted octanol–water partition coefficient (Wildman–Crippen LogP) is 4.99. The summed E-state index contributed by atoms with van der Waals surface area (Å²) in [5.41, 5.74) is 2.69. The van der Waals surface area contributed by atoms with E-state index in [1.54, 1.807) is 0 Å². The van der Waals surface area contributed by atoms with Crippen LogP contribution in [-0.2, 0) is 13.1 Å². The smallest absolute Gasteiger partial charge is 0.124 e. The van der Waals surface area contributed by atoms with Crippen LogP contribution in [0.5, 0.6) is 5.75 Å². The molecular weight excluding hydrogens is 344 g/mol. The van der Waals surface area contributed by atoms with Crippen molar-refractivity contribution in [3.05, 3.63) is 77.9 Å². The van der Waals surface area contributed by atoms with E-state index in [1.807, 2.05) is 0 Å². The molecule has 0 spiro atoms. The topological polar surface area (TPSA) is 24.5 Å². The van der Waals surface area contributed by atoms with Crippen molar-refractivity contribution in [1.29, 1.82) is 0 Å².